The highest BCUT2D eigenvalue weighted by atomic mass is 35.7. The Hall–Kier alpha value is -1.07. The van der Waals surface area contributed by atoms with Crippen LogP contribution in [-0.4, -0.2) is 18.4 Å². The fourth-order valence-corrected chi connectivity index (χ4v) is 2.47. The smallest absolute Gasteiger partial charge is 0.236 e. The number of aryl methyl sites for hydroxylation is 1. The van der Waals surface area contributed by atoms with Gasteiger partial charge in [0.05, 0.1) is 16.8 Å². The maximum Gasteiger partial charge on any atom is 0.236 e. The van der Waals surface area contributed by atoms with Crippen LogP contribution in [0.3, 0.4) is 0 Å². The molecule has 4 nitrogen and oxygen atoms in total. The molecular weight excluding hydrogens is 236 g/mol. The van der Waals surface area contributed by atoms with E-state index in [-0.39, 0.29) is 5.75 Å². The molecule has 0 atom stereocenters. The maximum atomic E-state index is 11.0. The van der Waals surface area contributed by atoms with Gasteiger partial charge in [-0.15, -0.1) is 0 Å². The van der Waals surface area contributed by atoms with Gasteiger partial charge >= 0.3 is 0 Å². The molecule has 0 amide bonds. The highest BCUT2D eigenvalue weighted by Gasteiger charge is 2.12. The number of hydrogen-bond donors (Lipinski definition) is 1. The van der Waals surface area contributed by atoms with Crippen molar-refractivity contribution in [3.05, 3.63) is 29.6 Å². The number of aromatic nitrogens is 2. The van der Waals surface area contributed by atoms with Gasteiger partial charge in [0.2, 0.25) is 9.05 Å². The standard InChI is InChI=1S/C9H9ClN2O2S/c1-6-11-8-4-2-3-7(9(8)12-6)5-15(10,13)14/h2-4H,5H2,1H3,(H,11,12). The predicted molar refractivity (Wildman–Crippen MR) is 59.3 cm³/mol. The van der Waals surface area contributed by atoms with Crippen molar-refractivity contribution in [1.82, 2.24) is 9.97 Å². The molecular formula is C9H9ClN2O2S. The molecule has 80 valence electrons. The zero-order valence-corrected chi connectivity index (χ0v) is 9.56. The van der Waals surface area contributed by atoms with Crippen molar-refractivity contribution in [2.24, 2.45) is 0 Å². The average molecular weight is 245 g/mol. The molecule has 2 rings (SSSR count). The number of benzene rings is 1. The van der Waals surface area contributed by atoms with Crippen molar-refractivity contribution in [1.29, 1.82) is 0 Å². The van der Waals surface area contributed by atoms with Gasteiger partial charge in [0, 0.05) is 10.7 Å². The van der Waals surface area contributed by atoms with Crippen molar-refractivity contribution >= 4 is 30.8 Å². The van der Waals surface area contributed by atoms with Gasteiger partial charge in [0.15, 0.2) is 0 Å². The first-order chi connectivity index (χ1) is 6.96. The Balaban J connectivity index is 2.60. The fraction of sp³-hybridized carbons (Fsp3) is 0.222. The highest BCUT2D eigenvalue weighted by Crippen LogP contribution is 2.19. The highest BCUT2D eigenvalue weighted by molar-refractivity contribution is 8.13. The Morgan fingerprint density at radius 2 is 2.20 bits per heavy atom. The minimum Gasteiger partial charge on any atom is -0.342 e. The average Bonchev–Trinajstić information content (AvgIpc) is 2.43. The quantitative estimate of drug-likeness (QED) is 0.822. The SMILES string of the molecule is Cc1nc2c(CS(=O)(=O)Cl)cccc2[nH]1. The minimum atomic E-state index is -3.54. The number of fused-ring (bicyclic) bond motifs is 1. The van der Waals surface area contributed by atoms with Gasteiger partial charge in [0.1, 0.15) is 5.82 Å². The third kappa shape index (κ3) is 2.30. The fourth-order valence-electron chi connectivity index (χ4n) is 1.52. The lowest BCUT2D eigenvalue weighted by atomic mass is 10.2. The van der Waals surface area contributed by atoms with Gasteiger partial charge in [0.25, 0.3) is 0 Å². The van der Waals surface area contributed by atoms with Crippen molar-refractivity contribution in [2.45, 2.75) is 12.7 Å². The van der Waals surface area contributed by atoms with Crippen LogP contribution in [0.1, 0.15) is 11.4 Å². The molecule has 0 spiro atoms. The molecule has 0 radical (unpaired) electrons. The largest absolute Gasteiger partial charge is 0.342 e. The van der Waals surface area contributed by atoms with Gasteiger partial charge in [-0.2, -0.15) is 0 Å². The normalized spacial score (nSPS) is 12.1. The summed E-state index contributed by atoms with van der Waals surface area (Å²) in [7, 11) is 1.67. The van der Waals surface area contributed by atoms with E-state index in [1.165, 1.54) is 0 Å². The van der Waals surface area contributed by atoms with Crippen molar-refractivity contribution in [3.63, 3.8) is 0 Å². The van der Waals surface area contributed by atoms with Gasteiger partial charge in [-0.1, -0.05) is 12.1 Å². The zero-order chi connectivity index (χ0) is 11.1. The van der Waals surface area contributed by atoms with Gasteiger partial charge < -0.3 is 4.98 Å². The molecule has 1 aromatic carbocycles. The summed E-state index contributed by atoms with van der Waals surface area (Å²) in [6.07, 6.45) is 0. The Kier molecular flexibility index (Phi) is 2.44. The monoisotopic (exact) mass is 244 g/mol. The maximum absolute atomic E-state index is 11.0. The number of H-pyrrole nitrogens is 1. The van der Waals surface area contributed by atoms with E-state index in [4.69, 9.17) is 10.7 Å². The molecule has 6 heteroatoms. The van der Waals surface area contributed by atoms with E-state index in [1.807, 2.05) is 13.0 Å². The summed E-state index contributed by atoms with van der Waals surface area (Å²) in [4.78, 5) is 7.25. The number of para-hydroxylation sites is 1. The van der Waals surface area contributed by atoms with E-state index in [1.54, 1.807) is 12.1 Å². The summed E-state index contributed by atoms with van der Waals surface area (Å²) >= 11 is 0. The second kappa shape index (κ2) is 3.50. The summed E-state index contributed by atoms with van der Waals surface area (Å²) in [6.45, 7) is 1.82. The van der Waals surface area contributed by atoms with Crippen LogP contribution in [0.25, 0.3) is 11.0 Å². The molecule has 1 N–H and O–H groups in total. The lowest BCUT2D eigenvalue weighted by molar-refractivity contribution is 0.609. The summed E-state index contributed by atoms with van der Waals surface area (Å²) in [5.74, 6) is 0.556. The van der Waals surface area contributed by atoms with Crippen LogP contribution in [0.4, 0.5) is 0 Å². The van der Waals surface area contributed by atoms with Crippen LogP contribution < -0.4 is 0 Å². The van der Waals surface area contributed by atoms with Gasteiger partial charge in [-0.25, -0.2) is 13.4 Å². The molecule has 0 aliphatic heterocycles. The number of rotatable bonds is 2. The van der Waals surface area contributed by atoms with Crippen LogP contribution in [0.15, 0.2) is 18.2 Å². The molecule has 0 unspecified atom stereocenters. The predicted octanol–water partition coefficient (Wildman–Crippen LogP) is 1.94. The molecule has 0 aliphatic carbocycles. The molecule has 0 aliphatic rings. The van der Waals surface area contributed by atoms with Crippen molar-refractivity contribution in [2.75, 3.05) is 0 Å². The number of nitrogens with zero attached hydrogens (tertiary/aromatic N) is 1. The number of aromatic amines is 1. The van der Waals surface area contributed by atoms with Crippen LogP contribution in [0.2, 0.25) is 0 Å². The lowest BCUT2D eigenvalue weighted by Gasteiger charge is -1.98. The minimum absolute atomic E-state index is 0.198. The summed E-state index contributed by atoms with van der Waals surface area (Å²) in [5.41, 5.74) is 2.11. The molecule has 0 saturated heterocycles. The first kappa shape index (κ1) is 10.4. The second-order valence-corrected chi connectivity index (χ2v) is 6.10. The van der Waals surface area contributed by atoms with Gasteiger partial charge in [-0.05, 0) is 18.6 Å². The van der Waals surface area contributed by atoms with E-state index in [0.29, 0.717) is 11.1 Å². The molecule has 0 saturated carbocycles. The van der Waals surface area contributed by atoms with E-state index in [2.05, 4.69) is 9.97 Å². The lowest BCUT2D eigenvalue weighted by Crippen LogP contribution is -1.95. The summed E-state index contributed by atoms with van der Waals surface area (Å²) < 4.78 is 22.0. The molecule has 15 heavy (non-hydrogen) atoms. The van der Waals surface area contributed by atoms with E-state index < -0.39 is 9.05 Å². The van der Waals surface area contributed by atoms with E-state index in [9.17, 15) is 8.42 Å². The third-order valence-corrected chi connectivity index (χ3v) is 3.03. The van der Waals surface area contributed by atoms with Crippen molar-refractivity contribution < 1.29 is 8.42 Å². The molecule has 1 heterocycles. The van der Waals surface area contributed by atoms with E-state index in [0.717, 1.165) is 11.3 Å². The first-order valence-corrected chi connectivity index (χ1v) is 6.80. The van der Waals surface area contributed by atoms with Crippen LogP contribution in [0.5, 0.6) is 0 Å². The molecule has 2 aromatic rings. The zero-order valence-electron chi connectivity index (χ0n) is 7.99. The Morgan fingerprint density at radius 3 is 2.87 bits per heavy atom. The third-order valence-electron chi connectivity index (χ3n) is 2.04. The first-order valence-electron chi connectivity index (χ1n) is 4.32. The summed E-state index contributed by atoms with van der Waals surface area (Å²) in [5, 5.41) is 0. The van der Waals surface area contributed by atoms with Gasteiger partial charge in [-0.3, -0.25) is 0 Å². The Bertz CT molecular complexity index is 604. The van der Waals surface area contributed by atoms with Crippen LogP contribution in [-0.2, 0) is 14.8 Å². The Labute approximate surface area is 91.7 Å². The number of halogens is 1. The van der Waals surface area contributed by atoms with Crippen LogP contribution >= 0.6 is 10.7 Å². The number of hydrogen-bond acceptors (Lipinski definition) is 3. The van der Waals surface area contributed by atoms with Crippen LogP contribution in [0, 0.1) is 6.92 Å². The summed E-state index contributed by atoms with van der Waals surface area (Å²) in [6, 6.07) is 5.33. The number of nitrogens with one attached hydrogen (secondary N) is 1. The van der Waals surface area contributed by atoms with Crippen molar-refractivity contribution in [3.8, 4) is 0 Å². The molecule has 0 fully saturated rings. The molecule has 1 aromatic heterocycles. The van der Waals surface area contributed by atoms with E-state index >= 15 is 0 Å². The number of imidazole rings is 1. The molecule has 0 bridgehead atoms. The Morgan fingerprint density at radius 1 is 1.47 bits per heavy atom. The second-order valence-electron chi connectivity index (χ2n) is 3.32. The topological polar surface area (TPSA) is 62.8 Å².